The summed E-state index contributed by atoms with van der Waals surface area (Å²) >= 11 is 0. The molecule has 3 rings (SSSR count). The van der Waals surface area contributed by atoms with Crippen molar-refractivity contribution in [2.45, 2.75) is 19.7 Å². The first-order valence-electron chi connectivity index (χ1n) is 7.40. The Bertz CT molecular complexity index is 739. The molecule has 2 aromatic rings. The van der Waals surface area contributed by atoms with Crippen LogP contribution in [0.25, 0.3) is 0 Å². The van der Waals surface area contributed by atoms with E-state index in [0.29, 0.717) is 30.9 Å². The highest BCUT2D eigenvalue weighted by Gasteiger charge is 2.15. The van der Waals surface area contributed by atoms with Crippen molar-refractivity contribution in [2.75, 3.05) is 13.7 Å². The molecule has 0 atom stereocenters. The number of hydrogen-bond acceptors (Lipinski definition) is 4. The molecule has 0 spiro atoms. The van der Waals surface area contributed by atoms with Gasteiger partial charge in [-0.1, -0.05) is 6.07 Å². The van der Waals surface area contributed by atoms with E-state index in [0.717, 1.165) is 18.1 Å². The van der Waals surface area contributed by atoms with Gasteiger partial charge in [-0.15, -0.1) is 0 Å². The molecule has 120 valence electrons. The van der Waals surface area contributed by atoms with Crippen molar-refractivity contribution in [2.24, 2.45) is 0 Å². The minimum atomic E-state index is -0.224. The van der Waals surface area contributed by atoms with Crippen molar-refractivity contribution in [1.29, 1.82) is 0 Å². The van der Waals surface area contributed by atoms with E-state index in [4.69, 9.17) is 4.74 Å². The number of benzene rings is 1. The Hall–Kier alpha value is -2.67. The number of ether oxygens (including phenoxy) is 1. The maximum atomic E-state index is 12.3. The normalized spacial score (nSPS) is 13.3. The predicted octanol–water partition coefficient (Wildman–Crippen LogP) is 0.703. The lowest BCUT2D eigenvalue weighted by molar-refractivity contribution is 0.0802. The Morgan fingerprint density at radius 2 is 2.09 bits per heavy atom. The average molecular weight is 314 g/mol. The van der Waals surface area contributed by atoms with Gasteiger partial charge in [-0.3, -0.25) is 9.59 Å². The summed E-state index contributed by atoms with van der Waals surface area (Å²) in [5, 5.41) is 5.41. The molecule has 0 fully saturated rings. The number of imidazole rings is 1. The zero-order valence-electron chi connectivity index (χ0n) is 12.8. The molecule has 0 bridgehead atoms. The van der Waals surface area contributed by atoms with Crippen LogP contribution < -0.4 is 10.6 Å². The van der Waals surface area contributed by atoms with Gasteiger partial charge in [0.2, 0.25) is 0 Å². The number of fused-ring (bicyclic) bond motifs is 1. The summed E-state index contributed by atoms with van der Waals surface area (Å²) in [6, 6.07) is 6.62. The topological polar surface area (TPSA) is 85.3 Å². The van der Waals surface area contributed by atoms with Crippen LogP contribution in [0.1, 0.15) is 32.2 Å². The molecule has 1 aromatic carbocycles. The number of nitrogens with zero attached hydrogens (tertiary/aromatic N) is 2. The number of amides is 2. The Balaban J connectivity index is 1.68. The highest BCUT2D eigenvalue weighted by atomic mass is 16.5. The van der Waals surface area contributed by atoms with Gasteiger partial charge < -0.3 is 19.9 Å². The quantitative estimate of drug-likeness (QED) is 0.870. The smallest absolute Gasteiger partial charge is 0.251 e. The number of rotatable bonds is 4. The Morgan fingerprint density at radius 1 is 1.30 bits per heavy atom. The molecule has 0 saturated heterocycles. The van der Waals surface area contributed by atoms with E-state index in [-0.39, 0.29) is 11.8 Å². The van der Waals surface area contributed by atoms with Gasteiger partial charge in [0.05, 0.1) is 25.0 Å². The lowest BCUT2D eigenvalue weighted by Gasteiger charge is -2.17. The van der Waals surface area contributed by atoms with Crippen LogP contribution in [-0.4, -0.2) is 35.0 Å². The van der Waals surface area contributed by atoms with Gasteiger partial charge in [-0.05, 0) is 18.2 Å². The van der Waals surface area contributed by atoms with Gasteiger partial charge in [0.1, 0.15) is 12.4 Å². The van der Waals surface area contributed by atoms with Gasteiger partial charge in [-0.2, -0.15) is 0 Å². The van der Waals surface area contributed by atoms with Crippen LogP contribution >= 0.6 is 0 Å². The van der Waals surface area contributed by atoms with Gasteiger partial charge in [0, 0.05) is 24.7 Å². The molecule has 1 aliphatic rings. The van der Waals surface area contributed by atoms with Crippen molar-refractivity contribution < 1.29 is 14.3 Å². The standard InChI is InChI=1S/C16H18N4O3/c1-17-15(21)11-3-2-4-12(7-11)16(22)19-9-13-8-18-14-10-23-6-5-20(13)14/h2-4,7-8H,5-6,9-10H2,1H3,(H,17,21)(H,19,22). The van der Waals surface area contributed by atoms with Crippen LogP contribution in [0.2, 0.25) is 0 Å². The van der Waals surface area contributed by atoms with Crippen molar-refractivity contribution >= 4 is 11.8 Å². The number of carbonyl (C=O) groups is 2. The number of hydrogen-bond donors (Lipinski definition) is 2. The Kier molecular flexibility index (Phi) is 4.38. The van der Waals surface area contributed by atoms with E-state index in [9.17, 15) is 9.59 Å². The molecular formula is C16H18N4O3. The zero-order valence-corrected chi connectivity index (χ0v) is 12.8. The highest BCUT2D eigenvalue weighted by molar-refractivity contribution is 5.99. The third kappa shape index (κ3) is 3.24. The minimum Gasteiger partial charge on any atom is -0.372 e. The third-order valence-electron chi connectivity index (χ3n) is 3.76. The molecule has 0 saturated carbocycles. The lowest BCUT2D eigenvalue weighted by Crippen LogP contribution is -2.26. The molecule has 0 radical (unpaired) electrons. The van der Waals surface area contributed by atoms with E-state index >= 15 is 0 Å². The van der Waals surface area contributed by atoms with E-state index in [2.05, 4.69) is 20.2 Å². The molecule has 2 N–H and O–H groups in total. The molecule has 7 heteroatoms. The molecule has 7 nitrogen and oxygen atoms in total. The first-order chi connectivity index (χ1) is 11.2. The number of carbonyl (C=O) groups excluding carboxylic acids is 2. The SMILES string of the molecule is CNC(=O)c1cccc(C(=O)NCc2cnc3n2CCOC3)c1. The van der Waals surface area contributed by atoms with Crippen LogP contribution in [0.4, 0.5) is 0 Å². The highest BCUT2D eigenvalue weighted by Crippen LogP contribution is 2.12. The van der Waals surface area contributed by atoms with Crippen molar-refractivity contribution in [3.63, 3.8) is 0 Å². The first kappa shape index (κ1) is 15.2. The molecule has 1 aromatic heterocycles. The summed E-state index contributed by atoms with van der Waals surface area (Å²) in [7, 11) is 1.56. The van der Waals surface area contributed by atoms with Gasteiger partial charge in [0.25, 0.3) is 11.8 Å². The summed E-state index contributed by atoms with van der Waals surface area (Å²) in [4.78, 5) is 28.2. The van der Waals surface area contributed by atoms with Crippen LogP contribution in [0.15, 0.2) is 30.5 Å². The fourth-order valence-electron chi connectivity index (χ4n) is 2.52. The first-order valence-corrected chi connectivity index (χ1v) is 7.40. The second-order valence-electron chi connectivity index (χ2n) is 5.21. The predicted molar refractivity (Wildman–Crippen MR) is 82.9 cm³/mol. The van der Waals surface area contributed by atoms with Crippen molar-refractivity contribution in [3.05, 3.63) is 53.1 Å². The zero-order chi connectivity index (χ0) is 16.2. The summed E-state index contributed by atoms with van der Waals surface area (Å²) in [5.41, 5.74) is 1.85. The number of nitrogens with one attached hydrogen (secondary N) is 2. The second-order valence-corrected chi connectivity index (χ2v) is 5.21. The maximum absolute atomic E-state index is 12.3. The molecule has 0 aliphatic carbocycles. The van der Waals surface area contributed by atoms with Crippen molar-refractivity contribution in [3.8, 4) is 0 Å². The Labute approximate surface area is 133 Å². The van der Waals surface area contributed by atoms with E-state index < -0.39 is 0 Å². The summed E-state index contributed by atoms with van der Waals surface area (Å²) in [6.07, 6.45) is 1.76. The van der Waals surface area contributed by atoms with Crippen LogP contribution in [0.3, 0.4) is 0 Å². The molecular weight excluding hydrogens is 296 g/mol. The van der Waals surface area contributed by atoms with E-state index in [1.54, 1.807) is 37.5 Å². The van der Waals surface area contributed by atoms with E-state index in [1.165, 1.54) is 0 Å². The van der Waals surface area contributed by atoms with Gasteiger partial charge in [-0.25, -0.2) is 4.98 Å². The third-order valence-corrected chi connectivity index (χ3v) is 3.76. The number of aromatic nitrogens is 2. The van der Waals surface area contributed by atoms with E-state index in [1.807, 2.05) is 0 Å². The largest absolute Gasteiger partial charge is 0.372 e. The summed E-state index contributed by atoms with van der Waals surface area (Å²) < 4.78 is 7.40. The summed E-state index contributed by atoms with van der Waals surface area (Å²) in [6.45, 7) is 2.28. The van der Waals surface area contributed by atoms with Crippen LogP contribution in [0, 0.1) is 0 Å². The minimum absolute atomic E-state index is 0.218. The van der Waals surface area contributed by atoms with Crippen molar-refractivity contribution in [1.82, 2.24) is 20.2 Å². The van der Waals surface area contributed by atoms with Crippen LogP contribution in [0.5, 0.6) is 0 Å². The Morgan fingerprint density at radius 3 is 2.87 bits per heavy atom. The molecule has 1 aliphatic heterocycles. The second kappa shape index (κ2) is 6.62. The van der Waals surface area contributed by atoms with Gasteiger partial charge >= 0.3 is 0 Å². The molecule has 0 unspecified atom stereocenters. The maximum Gasteiger partial charge on any atom is 0.251 e. The van der Waals surface area contributed by atoms with Gasteiger partial charge in [0.15, 0.2) is 0 Å². The average Bonchev–Trinajstić information content (AvgIpc) is 3.02. The fraction of sp³-hybridized carbons (Fsp3) is 0.312. The molecule has 2 amide bonds. The molecule has 2 heterocycles. The fourth-order valence-corrected chi connectivity index (χ4v) is 2.52. The van der Waals surface area contributed by atoms with Crippen LogP contribution in [-0.2, 0) is 24.4 Å². The lowest BCUT2D eigenvalue weighted by atomic mass is 10.1. The molecule has 23 heavy (non-hydrogen) atoms. The summed E-state index contributed by atoms with van der Waals surface area (Å²) in [5.74, 6) is 0.435. The monoisotopic (exact) mass is 314 g/mol.